The van der Waals surface area contributed by atoms with Crippen molar-refractivity contribution in [3.63, 3.8) is 0 Å². The Morgan fingerprint density at radius 3 is 2.71 bits per heavy atom. The van der Waals surface area contributed by atoms with E-state index in [2.05, 4.69) is 13.8 Å². The maximum Gasteiger partial charge on any atom is 0.288 e. The molecule has 24 heavy (non-hydrogen) atoms. The zero-order valence-electron chi connectivity index (χ0n) is 15.1. The van der Waals surface area contributed by atoms with Crippen LogP contribution in [0.2, 0.25) is 0 Å². The van der Waals surface area contributed by atoms with E-state index >= 15 is 0 Å². The molecule has 1 fully saturated rings. The highest BCUT2D eigenvalue weighted by Crippen LogP contribution is 2.37. The number of rotatable bonds is 7. The Labute approximate surface area is 144 Å². The highest BCUT2D eigenvalue weighted by molar-refractivity contribution is 5.91. The van der Waals surface area contributed by atoms with E-state index in [9.17, 15) is 9.90 Å². The lowest BCUT2D eigenvalue weighted by molar-refractivity contribution is -0.179. The van der Waals surface area contributed by atoms with Crippen LogP contribution in [0.1, 0.15) is 33.6 Å². The number of amides is 1. The molecular weight excluding hydrogens is 310 g/mol. The van der Waals surface area contributed by atoms with Gasteiger partial charge in [0.15, 0.2) is 5.76 Å². The fraction of sp³-hybridized carbons (Fsp3) is 0.833. The molecule has 2 heterocycles. The van der Waals surface area contributed by atoms with Crippen molar-refractivity contribution in [2.75, 3.05) is 39.5 Å². The molecule has 3 unspecified atom stereocenters. The van der Waals surface area contributed by atoms with E-state index in [1.165, 1.54) is 0 Å². The third kappa shape index (κ3) is 4.71. The Bertz CT molecular complexity index is 431. The van der Waals surface area contributed by atoms with Crippen molar-refractivity contribution in [3.8, 4) is 0 Å². The lowest BCUT2D eigenvalue weighted by Crippen LogP contribution is -2.45. The molecule has 0 saturated carbocycles. The summed E-state index contributed by atoms with van der Waals surface area (Å²) in [6, 6.07) is 0. The highest BCUT2D eigenvalue weighted by Gasteiger charge is 2.39. The topological polar surface area (TPSA) is 68.2 Å². The molecule has 0 bridgehead atoms. The summed E-state index contributed by atoms with van der Waals surface area (Å²) in [6.45, 7) is 9.25. The number of aliphatic hydroxyl groups excluding tert-OH is 1. The number of ether oxygens (including phenoxy) is 3. The van der Waals surface area contributed by atoms with Crippen LogP contribution in [-0.4, -0.2) is 61.7 Å². The Hall–Kier alpha value is -1.11. The minimum absolute atomic E-state index is 0.0748. The third-order valence-corrected chi connectivity index (χ3v) is 4.74. The average molecular weight is 341 g/mol. The summed E-state index contributed by atoms with van der Waals surface area (Å²) in [5.41, 5.74) is 0. The molecule has 3 atom stereocenters. The average Bonchev–Trinajstić information content (AvgIpc) is 2.60. The Morgan fingerprint density at radius 2 is 2.12 bits per heavy atom. The van der Waals surface area contributed by atoms with Gasteiger partial charge in [-0.3, -0.25) is 4.79 Å². The van der Waals surface area contributed by atoms with E-state index < -0.39 is 6.29 Å². The van der Waals surface area contributed by atoms with Gasteiger partial charge in [0.05, 0.1) is 13.2 Å². The van der Waals surface area contributed by atoms with Crippen LogP contribution in [0, 0.1) is 17.8 Å². The second-order valence-corrected chi connectivity index (χ2v) is 6.73. The fourth-order valence-corrected chi connectivity index (χ4v) is 3.44. The van der Waals surface area contributed by atoms with Crippen molar-refractivity contribution >= 4 is 5.91 Å². The van der Waals surface area contributed by atoms with Gasteiger partial charge in [-0.05, 0) is 37.7 Å². The first kappa shape index (κ1) is 19.2. The summed E-state index contributed by atoms with van der Waals surface area (Å²) in [4.78, 5) is 14.6. The summed E-state index contributed by atoms with van der Waals surface area (Å²) in [5, 5.41) is 9.18. The van der Waals surface area contributed by atoms with E-state index in [0.717, 1.165) is 6.42 Å². The summed E-state index contributed by atoms with van der Waals surface area (Å²) in [7, 11) is 0. The SMILES string of the molecule is CCOC1OC(C(=O)N2CCOCC2)=CC(C(C)C)C1CCCO. The van der Waals surface area contributed by atoms with Crippen LogP contribution in [0.3, 0.4) is 0 Å². The summed E-state index contributed by atoms with van der Waals surface area (Å²) < 4.78 is 17.1. The van der Waals surface area contributed by atoms with Gasteiger partial charge in [0, 0.05) is 32.2 Å². The van der Waals surface area contributed by atoms with Crippen molar-refractivity contribution < 1.29 is 24.1 Å². The number of allylic oxidation sites excluding steroid dienone is 1. The van der Waals surface area contributed by atoms with Crippen molar-refractivity contribution in [3.05, 3.63) is 11.8 Å². The molecule has 138 valence electrons. The number of hydrogen-bond acceptors (Lipinski definition) is 5. The zero-order chi connectivity index (χ0) is 17.5. The first-order chi connectivity index (χ1) is 11.6. The Morgan fingerprint density at radius 1 is 1.42 bits per heavy atom. The number of carbonyl (C=O) groups is 1. The van der Waals surface area contributed by atoms with Crippen molar-refractivity contribution in [1.29, 1.82) is 0 Å². The minimum Gasteiger partial charge on any atom is -0.459 e. The summed E-state index contributed by atoms with van der Waals surface area (Å²) in [5.74, 6) is 1.04. The smallest absolute Gasteiger partial charge is 0.288 e. The molecule has 6 heteroatoms. The lowest BCUT2D eigenvalue weighted by Gasteiger charge is -2.39. The third-order valence-electron chi connectivity index (χ3n) is 4.74. The highest BCUT2D eigenvalue weighted by atomic mass is 16.7. The second-order valence-electron chi connectivity index (χ2n) is 6.73. The van der Waals surface area contributed by atoms with Crippen molar-refractivity contribution in [2.24, 2.45) is 17.8 Å². The molecule has 0 aliphatic carbocycles. The van der Waals surface area contributed by atoms with Crippen LogP contribution in [-0.2, 0) is 19.0 Å². The number of hydrogen-bond donors (Lipinski definition) is 1. The molecule has 0 aromatic heterocycles. The van der Waals surface area contributed by atoms with Crippen molar-refractivity contribution in [2.45, 2.75) is 39.9 Å². The molecule has 2 rings (SSSR count). The van der Waals surface area contributed by atoms with Crippen LogP contribution in [0.25, 0.3) is 0 Å². The first-order valence-electron chi connectivity index (χ1n) is 9.06. The van der Waals surface area contributed by atoms with Gasteiger partial charge in [-0.15, -0.1) is 0 Å². The van der Waals surface area contributed by atoms with Gasteiger partial charge in [0.25, 0.3) is 5.91 Å². The van der Waals surface area contributed by atoms with Gasteiger partial charge >= 0.3 is 0 Å². The minimum atomic E-state index is -0.432. The van der Waals surface area contributed by atoms with Gasteiger partial charge in [0.2, 0.25) is 6.29 Å². The predicted octanol–water partition coefficient (Wildman–Crippen LogP) is 1.78. The maximum atomic E-state index is 12.8. The predicted molar refractivity (Wildman–Crippen MR) is 90.1 cm³/mol. The Kier molecular flexibility index (Phi) is 7.52. The summed E-state index contributed by atoms with van der Waals surface area (Å²) >= 11 is 0. The quantitative estimate of drug-likeness (QED) is 0.764. The van der Waals surface area contributed by atoms with Gasteiger partial charge in [-0.2, -0.15) is 0 Å². The molecular formula is C18H31NO5. The molecule has 6 nitrogen and oxygen atoms in total. The standard InChI is InChI=1S/C18H31NO5/c1-4-23-18-14(6-5-9-20)15(13(2)3)12-16(24-18)17(21)19-7-10-22-11-8-19/h12-15,18,20H,4-11H2,1-3H3. The second kappa shape index (κ2) is 9.39. The molecule has 0 radical (unpaired) electrons. The molecule has 1 amide bonds. The first-order valence-corrected chi connectivity index (χ1v) is 9.06. The van der Waals surface area contributed by atoms with E-state index in [0.29, 0.717) is 51.0 Å². The van der Waals surface area contributed by atoms with E-state index in [1.807, 2.05) is 13.0 Å². The Balaban J connectivity index is 2.19. The number of morpholine rings is 1. The zero-order valence-corrected chi connectivity index (χ0v) is 15.1. The molecule has 1 saturated heterocycles. The van der Waals surface area contributed by atoms with E-state index in [1.54, 1.807) is 4.90 Å². The molecule has 0 aromatic carbocycles. The largest absolute Gasteiger partial charge is 0.459 e. The number of carbonyl (C=O) groups excluding carboxylic acids is 1. The number of aliphatic hydroxyl groups is 1. The van der Waals surface area contributed by atoms with E-state index in [4.69, 9.17) is 14.2 Å². The van der Waals surface area contributed by atoms with E-state index in [-0.39, 0.29) is 24.3 Å². The van der Waals surface area contributed by atoms with Gasteiger partial charge in [0.1, 0.15) is 0 Å². The molecule has 2 aliphatic heterocycles. The summed E-state index contributed by atoms with van der Waals surface area (Å²) in [6.07, 6.45) is 3.07. The van der Waals surface area contributed by atoms with Crippen LogP contribution < -0.4 is 0 Å². The van der Waals surface area contributed by atoms with Crippen molar-refractivity contribution in [1.82, 2.24) is 4.90 Å². The van der Waals surface area contributed by atoms with Gasteiger partial charge in [-0.1, -0.05) is 13.8 Å². The lowest BCUT2D eigenvalue weighted by atomic mass is 9.78. The van der Waals surface area contributed by atoms with Gasteiger partial charge in [-0.25, -0.2) is 0 Å². The monoisotopic (exact) mass is 341 g/mol. The molecule has 2 aliphatic rings. The normalized spacial score (nSPS) is 27.8. The number of nitrogens with zero attached hydrogens (tertiary/aromatic N) is 1. The maximum absolute atomic E-state index is 12.8. The van der Waals surface area contributed by atoms with Crippen LogP contribution in [0.5, 0.6) is 0 Å². The van der Waals surface area contributed by atoms with Crippen LogP contribution in [0.4, 0.5) is 0 Å². The fourth-order valence-electron chi connectivity index (χ4n) is 3.44. The van der Waals surface area contributed by atoms with Crippen LogP contribution in [0.15, 0.2) is 11.8 Å². The van der Waals surface area contributed by atoms with Crippen LogP contribution >= 0.6 is 0 Å². The molecule has 1 N–H and O–H groups in total. The molecule has 0 aromatic rings. The van der Waals surface area contributed by atoms with Gasteiger partial charge < -0.3 is 24.2 Å². The molecule has 0 spiro atoms.